The summed E-state index contributed by atoms with van der Waals surface area (Å²) in [6.07, 6.45) is 3.28. The lowest BCUT2D eigenvalue weighted by Gasteiger charge is -2.34. The Hall–Kier alpha value is -2.91. The fourth-order valence-electron chi connectivity index (χ4n) is 3.72. The maximum absolute atomic E-state index is 12.6. The van der Waals surface area contributed by atoms with E-state index in [0.717, 1.165) is 42.6 Å². The molecule has 188 valence electrons. The largest absolute Gasteiger partial charge is 0.494 e. The van der Waals surface area contributed by atoms with Gasteiger partial charge in [0.15, 0.2) is 0 Å². The van der Waals surface area contributed by atoms with E-state index < -0.39 is 11.8 Å². The number of anilines is 1. The lowest BCUT2D eigenvalue weighted by atomic mass is 10.2. The van der Waals surface area contributed by atoms with Crippen LogP contribution in [0.1, 0.15) is 36.5 Å². The van der Waals surface area contributed by atoms with Crippen LogP contribution in [-0.4, -0.2) is 73.4 Å². The van der Waals surface area contributed by atoms with Gasteiger partial charge in [0.1, 0.15) is 5.75 Å². The molecule has 1 fully saturated rings. The SMILES string of the molecule is CCCCCOc1ccc(NC(=O)C(=O)NCCN2CCN(C(=O)c3ccc(Br)cc3)CC2)cc1. The van der Waals surface area contributed by atoms with E-state index in [4.69, 9.17) is 4.74 Å². The fraction of sp³-hybridized carbons (Fsp3) is 0.423. The first-order valence-electron chi connectivity index (χ1n) is 12.1. The molecular weight excluding hydrogens is 512 g/mol. The highest BCUT2D eigenvalue weighted by molar-refractivity contribution is 9.10. The number of ether oxygens (including phenoxy) is 1. The molecule has 1 saturated heterocycles. The summed E-state index contributed by atoms with van der Waals surface area (Å²) in [5.41, 5.74) is 1.21. The van der Waals surface area contributed by atoms with Crippen LogP contribution >= 0.6 is 15.9 Å². The van der Waals surface area contributed by atoms with Crippen molar-refractivity contribution in [2.45, 2.75) is 26.2 Å². The van der Waals surface area contributed by atoms with E-state index in [1.807, 2.05) is 29.2 Å². The number of rotatable bonds is 10. The quantitative estimate of drug-likeness (QED) is 0.352. The Bertz CT molecular complexity index is 974. The van der Waals surface area contributed by atoms with Gasteiger partial charge in [-0.25, -0.2) is 0 Å². The number of hydrogen-bond acceptors (Lipinski definition) is 5. The van der Waals surface area contributed by atoms with E-state index in [9.17, 15) is 14.4 Å². The number of halogens is 1. The Morgan fingerprint density at radius 2 is 1.60 bits per heavy atom. The predicted octanol–water partition coefficient (Wildman–Crippen LogP) is 3.53. The topological polar surface area (TPSA) is 91.0 Å². The summed E-state index contributed by atoms with van der Waals surface area (Å²) in [6, 6.07) is 14.3. The number of piperazine rings is 1. The number of carbonyl (C=O) groups is 3. The van der Waals surface area contributed by atoms with Crippen LogP contribution in [0.25, 0.3) is 0 Å². The minimum absolute atomic E-state index is 0.0261. The Kier molecular flexibility index (Phi) is 10.6. The monoisotopic (exact) mass is 544 g/mol. The predicted molar refractivity (Wildman–Crippen MR) is 140 cm³/mol. The second-order valence-corrected chi connectivity index (χ2v) is 9.35. The smallest absolute Gasteiger partial charge is 0.313 e. The molecule has 0 atom stereocenters. The fourth-order valence-corrected chi connectivity index (χ4v) is 3.99. The molecule has 0 radical (unpaired) electrons. The number of unbranched alkanes of at least 4 members (excludes halogenated alkanes) is 2. The van der Waals surface area contributed by atoms with E-state index in [1.54, 1.807) is 24.3 Å². The summed E-state index contributed by atoms with van der Waals surface area (Å²) in [5, 5.41) is 5.27. The average molecular weight is 545 g/mol. The molecule has 2 N–H and O–H groups in total. The van der Waals surface area contributed by atoms with Gasteiger partial charge < -0.3 is 20.3 Å². The molecular formula is C26H33BrN4O4. The van der Waals surface area contributed by atoms with Crippen LogP contribution in [0.15, 0.2) is 53.0 Å². The molecule has 35 heavy (non-hydrogen) atoms. The van der Waals surface area contributed by atoms with Crippen LogP contribution in [-0.2, 0) is 9.59 Å². The first kappa shape index (κ1) is 26.7. The maximum Gasteiger partial charge on any atom is 0.313 e. The van der Waals surface area contributed by atoms with Crippen molar-refractivity contribution >= 4 is 39.3 Å². The Labute approximate surface area is 215 Å². The van der Waals surface area contributed by atoms with Crippen molar-refractivity contribution in [3.63, 3.8) is 0 Å². The Balaban J connectivity index is 1.32. The van der Waals surface area contributed by atoms with Crippen LogP contribution in [0.3, 0.4) is 0 Å². The number of hydrogen-bond donors (Lipinski definition) is 2. The maximum atomic E-state index is 12.6. The molecule has 8 nitrogen and oxygen atoms in total. The van der Waals surface area contributed by atoms with E-state index in [0.29, 0.717) is 44.0 Å². The minimum atomic E-state index is -0.702. The zero-order valence-electron chi connectivity index (χ0n) is 20.1. The van der Waals surface area contributed by atoms with E-state index in [2.05, 4.69) is 38.4 Å². The average Bonchev–Trinajstić information content (AvgIpc) is 2.88. The Morgan fingerprint density at radius 1 is 0.914 bits per heavy atom. The zero-order chi connectivity index (χ0) is 25.0. The number of nitrogens with one attached hydrogen (secondary N) is 2. The first-order chi connectivity index (χ1) is 17.0. The van der Waals surface area contributed by atoms with Crippen molar-refractivity contribution in [1.29, 1.82) is 0 Å². The van der Waals surface area contributed by atoms with Gasteiger partial charge in [0.05, 0.1) is 6.61 Å². The van der Waals surface area contributed by atoms with Crippen LogP contribution in [0, 0.1) is 0 Å². The summed E-state index contributed by atoms with van der Waals surface area (Å²) < 4.78 is 6.59. The van der Waals surface area contributed by atoms with Crippen molar-refractivity contribution < 1.29 is 19.1 Å². The van der Waals surface area contributed by atoms with Crippen molar-refractivity contribution in [2.24, 2.45) is 0 Å². The molecule has 2 aromatic rings. The molecule has 0 aromatic heterocycles. The van der Waals surface area contributed by atoms with E-state index in [-0.39, 0.29) is 5.91 Å². The van der Waals surface area contributed by atoms with Gasteiger partial charge in [0.25, 0.3) is 5.91 Å². The second-order valence-electron chi connectivity index (χ2n) is 8.43. The standard InChI is InChI=1S/C26H33BrN4O4/c1-2-3-4-19-35-23-11-9-22(10-12-23)29-25(33)24(32)28-13-14-30-15-17-31(18-16-30)26(34)20-5-7-21(27)8-6-20/h5-12H,2-4,13-19H2,1H3,(H,28,32)(H,29,33). The highest BCUT2D eigenvalue weighted by Crippen LogP contribution is 2.16. The number of carbonyl (C=O) groups excluding carboxylic acids is 3. The van der Waals surface area contributed by atoms with E-state index >= 15 is 0 Å². The molecule has 3 rings (SSSR count). The van der Waals surface area contributed by atoms with Crippen molar-refractivity contribution in [3.05, 3.63) is 58.6 Å². The lowest BCUT2D eigenvalue weighted by Crippen LogP contribution is -2.50. The summed E-state index contributed by atoms with van der Waals surface area (Å²) in [7, 11) is 0. The summed E-state index contributed by atoms with van der Waals surface area (Å²) in [5.74, 6) is -0.610. The van der Waals surface area contributed by atoms with Gasteiger partial charge in [-0.05, 0) is 55.0 Å². The van der Waals surface area contributed by atoms with E-state index in [1.165, 1.54) is 0 Å². The highest BCUT2D eigenvalue weighted by atomic mass is 79.9. The summed E-state index contributed by atoms with van der Waals surface area (Å²) in [6.45, 7) is 6.47. The first-order valence-corrected chi connectivity index (χ1v) is 12.8. The van der Waals surface area contributed by atoms with Crippen molar-refractivity contribution in [1.82, 2.24) is 15.1 Å². The molecule has 0 spiro atoms. The van der Waals surface area contributed by atoms with Gasteiger partial charge in [-0.2, -0.15) is 0 Å². The molecule has 0 aliphatic carbocycles. The number of benzene rings is 2. The molecule has 1 aliphatic rings. The van der Waals surface area contributed by atoms with Gasteiger partial charge in [0, 0.05) is 55.0 Å². The summed E-state index contributed by atoms with van der Waals surface area (Å²) in [4.78, 5) is 41.0. The molecule has 1 aliphatic heterocycles. The molecule has 1 heterocycles. The number of amides is 3. The normalized spacial score (nSPS) is 13.8. The summed E-state index contributed by atoms with van der Waals surface area (Å²) >= 11 is 3.38. The zero-order valence-corrected chi connectivity index (χ0v) is 21.7. The third-order valence-corrected chi connectivity index (χ3v) is 6.33. The molecule has 0 saturated carbocycles. The molecule has 0 unspecified atom stereocenters. The highest BCUT2D eigenvalue weighted by Gasteiger charge is 2.22. The molecule has 0 bridgehead atoms. The van der Waals surface area contributed by atoms with Gasteiger partial charge in [-0.15, -0.1) is 0 Å². The van der Waals surface area contributed by atoms with Crippen LogP contribution < -0.4 is 15.4 Å². The second kappa shape index (κ2) is 13.8. The van der Waals surface area contributed by atoms with Crippen LogP contribution in [0.4, 0.5) is 5.69 Å². The minimum Gasteiger partial charge on any atom is -0.494 e. The van der Waals surface area contributed by atoms with Gasteiger partial charge >= 0.3 is 11.8 Å². The van der Waals surface area contributed by atoms with Crippen LogP contribution in [0.2, 0.25) is 0 Å². The van der Waals surface area contributed by atoms with Crippen LogP contribution in [0.5, 0.6) is 5.75 Å². The van der Waals surface area contributed by atoms with Crippen molar-refractivity contribution in [2.75, 3.05) is 51.2 Å². The molecule has 9 heteroatoms. The Morgan fingerprint density at radius 3 is 2.26 bits per heavy atom. The van der Waals surface area contributed by atoms with Crippen molar-refractivity contribution in [3.8, 4) is 5.75 Å². The molecule has 2 aromatic carbocycles. The number of nitrogens with zero attached hydrogens (tertiary/aromatic N) is 2. The van der Waals surface area contributed by atoms with Gasteiger partial charge in [-0.1, -0.05) is 35.7 Å². The lowest BCUT2D eigenvalue weighted by molar-refractivity contribution is -0.136. The third kappa shape index (κ3) is 8.67. The molecule has 3 amide bonds. The third-order valence-electron chi connectivity index (χ3n) is 5.80. The van der Waals surface area contributed by atoms with Gasteiger partial charge in [-0.3, -0.25) is 19.3 Å². The van der Waals surface area contributed by atoms with Gasteiger partial charge in [0.2, 0.25) is 0 Å².